The molecule has 338 valence electrons. The predicted octanol–water partition coefficient (Wildman–Crippen LogP) is 4.94. The van der Waals surface area contributed by atoms with Crippen molar-refractivity contribution in [2.45, 2.75) is 169 Å². The van der Waals surface area contributed by atoms with E-state index in [4.69, 9.17) is 39.5 Å². The van der Waals surface area contributed by atoms with Gasteiger partial charge in [0.05, 0.1) is 6.61 Å². The van der Waals surface area contributed by atoms with Crippen LogP contribution < -0.4 is 16.8 Å². The van der Waals surface area contributed by atoms with Crippen LogP contribution in [0.5, 0.6) is 0 Å². The number of phosphoric acid groups is 1. The van der Waals surface area contributed by atoms with Crippen molar-refractivity contribution in [1.29, 1.82) is 0 Å². The first-order valence-electron chi connectivity index (χ1n) is 20.5. The van der Waals surface area contributed by atoms with Crippen molar-refractivity contribution in [3.05, 3.63) is 0 Å². The molecule has 0 aliphatic carbocycles. The molecule has 4 unspecified atom stereocenters. The van der Waals surface area contributed by atoms with Crippen molar-refractivity contribution in [3.63, 3.8) is 0 Å². The number of unbranched alkanes of at least 4 members (excludes halogenated alkanes) is 1. The van der Waals surface area contributed by atoms with E-state index in [0.29, 0.717) is 12.3 Å². The molecule has 0 radical (unpaired) electrons. The number of esters is 1. The van der Waals surface area contributed by atoms with Crippen molar-refractivity contribution < 1.29 is 71.6 Å². The second-order valence-corrected chi connectivity index (χ2v) is 18.5. The molecule has 0 bridgehead atoms. The number of hydrogen-bond acceptors (Lipinski definition) is 13. The van der Waals surface area contributed by atoms with E-state index in [-0.39, 0.29) is 17.9 Å². The Bertz CT molecular complexity index is 1330. The van der Waals surface area contributed by atoms with Crippen LogP contribution in [0.4, 0.5) is 4.79 Å². The maximum Gasteiger partial charge on any atom is 0.474 e. The minimum Gasteiger partial charge on any atom is -0.479 e. The van der Waals surface area contributed by atoms with Crippen LogP contribution in [0.2, 0.25) is 0 Å². The van der Waals surface area contributed by atoms with Crippen LogP contribution in [0.25, 0.3) is 0 Å². The van der Waals surface area contributed by atoms with Gasteiger partial charge in [-0.25, -0.2) is 14.2 Å². The summed E-state index contributed by atoms with van der Waals surface area (Å²) in [5.41, 5.74) is 10.6. The number of carboxylic acid groups (broad SMARTS) is 1. The maximum absolute atomic E-state index is 13.0. The Labute approximate surface area is 343 Å². The van der Waals surface area contributed by atoms with Crippen LogP contribution in [-0.4, -0.2) is 102 Å². The third-order valence-electron chi connectivity index (χ3n) is 10.4. The number of primary amides is 2. The largest absolute Gasteiger partial charge is 0.479 e. The van der Waals surface area contributed by atoms with Gasteiger partial charge in [-0.1, -0.05) is 106 Å². The van der Waals surface area contributed by atoms with Crippen molar-refractivity contribution in [3.8, 4) is 0 Å². The van der Waals surface area contributed by atoms with Crippen molar-refractivity contribution in [1.82, 2.24) is 5.32 Å². The van der Waals surface area contributed by atoms with E-state index in [9.17, 15) is 43.6 Å². The molecule has 1 saturated heterocycles. The van der Waals surface area contributed by atoms with Gasteiger partial charge in [-0.3, -0.25) is 23.4 Å². The smallest absolute Gasteiger partial charge is 0.474 e. The Morgan fingerprint density at radius 1 is 0.828 bits per heavy atom. The molecular formula is C39H72N3O15P. The number of aliphatic hydroxyl groups excluding tert-OH is 1. The van der Waals surface area contributed by atoms with Crippen LogP contribution in [0.15, 0.2) is 0 Å². The molecule has 0 aromatic rings. The number of aliphatic hydroxyl groups is 1. The molecule has 1 rings (SSSR count). The van der Waals surface area contributed by atoms with Crippen molar-refractivity contribution in [2.75, 3.05) is 19.8 Å². The lowest BCUT2D eigenvalue weighted by Gasteiger charge is -2.41. The number of nitrogens with one attached hydrogen (secondary N) is 1. The molecular weight excluding hydrogens is 781 g/mol. The highest BCUT2D eigenvalue weighted by Gasteiger charge is 2.54. The Hall–Kier alpha value is -2.86. The van der Waals surface area contributed by atoms with Gasteiger partial charge in [0, 0.05) is 13.5 Å². The fraction of sp³-hybridized carbons (Fsp3) is 0.872. The molecule has 0 aromatic heterocycles. The van der Waals surface area contributed by atoms with Gasteiger partial charge in [0.15, 0.2) is 24.4 Å². The number of carbonyl (C=O) groups is 5. The van der Waals surface area contributed by atoms with E-state index in [0.717, 1.165) is 44.4 Å². The van der Waals surface area contributed by atoms with Crippen molar-refractivity contribution in [2.24, 2.45) is 40.6 Å². The van der Waals surface area contributed by atoms with Crippen molar-refractivity contribution >= 4 is 37.7 Å². The Morgan fingerprint density at radius 3 is 2.00 bits per heavy atom. The second kappa shape index (κ2) is 26.4. The van der Waals surface area contributed by atoms with Gasteiger partial charge in [-0.05, 0) is 48.3 Å². The zero-order chi connectivity index (χ0) is 44.2. The fourth-order valence-corrected chi connectivity index (χ4v) is 7.41. The maximum atomic E-state index is 13.0. The lowest BCUT2D eigenvalue weighted by atomic mass is 9.79. The predicted molar refractivity (Wildman–Crippen MR) is 213 cm³/mol. The molecule has 19 heteroatoms. The first-order valence-corrected chi connectivity index (χ1v) is 22.0. The molecule has 0 spiro atoms. The van der Waals surface area contributed by atoms with Gasteiger partial charge in [-0.15, -0.1) is 0 Å². The van der Waals surface area contributed by atoms with E-state index in [1.54, 1.807) is 0 Å². The Balaban J connectivity index is 2.65. The number of amides is 3. The highest BCUT2D eigenvalue weighted by atomic mass is 31.2. The molecule has 1 heterocycles. The standard InChI is InChI=1S/C39H72N3O15P/c1-24(2)12-11-14-25(3)15-16-27(5)17-20-39(7,8)19-10-9-13-26(4)18-21-52-29(36(47)48)23-53-58(50,51)57-37-34(54-30(44)22-42-28(6)43)32(56-38(41)49)31(45)33(55-37)35(40)46/h24-27,29,31-34,37,45H,9-23H2,1-8H3,(H2,40,46)(H2,41,49)(H,42,43)(H,47,48)(H,50,51)/t25?,26?,27?,29-,31+,32+,33+,34-,37-/m1/s1. The summed E-state index contributed by atoms with van der Waals surface area (Å²) in [6, 6.07) is 0. The number of nitrogens with two attached hydrogens (primary N) is 2. The molecule has 0 saturated carbocycles. The zero-order valence-electron chi connectivity index (χ0n) is 35.7. The second-order valence-electron chi connectivity index (χ2n) is 17.1. The lowest BCUT2D eigenvalue weighted by Crippen LogP contribution is -2.64. The Morgan fingerprint density at radius 2 is 1.43 bits per heavy atom. The van der Waals surface area contributed by atoms with E-state index >= 15 is 0 Å². The topological polar surface area (TPSA) is 283 Å². The summed E-state index contributed by atoms with van der Waals surface area (Å²) in [6.45, 7) is 15.4. The number of aliphatic carboxylic acids is 1. The molecule has 8 N–H and O–H groups in total. The minimum atomic E-state index is -5.35. The summed E-state index contributed by atoms with van der Waals surface area (Å²) in [7, 11) is -5.35. The third kappa shape index (κ3) is 22.5. The SMILES string of the molecule is CC(=O)NCC(=O)O[C@H]1[C@@H](OP(=O)(O)OC[C@@H](OCCC(C)CCCCC(C)(C)CCC(C)CCC(C)CCCC(C)C)C(=O)O)O[C@H](C(N)=O)[C@@H](O)[C@@H]1OC(N)=O. The lowest BCUT2D eigenvalue weighted by molar-refractivity contribution is -0.274. The molecule has 18 nitrogen and oxygen atoms in total. The van der Waals surface area contributed by atoms with E-state index in [1.807, 2.05) is 6.92 Å². The average molecular weight is 854 g/mol. The number of ether oxygens (including phenoxy) is 4. The summed E-state index contributed by atoms with van der Waals surface area (Å²) >= 11 is 0. The highest BCUT2D eigenvalue weighted by molar-refractivity contribution is 7.47. The number of carbonyl (C=O) groups excluding carboxylic acids is 4. The molecule has 1 fully saturated rings. The zero-order valence-corrected chi connectivity index (χ0v) is 36.6. The molecule has 1 aliphatic heterocycles. The molecule has 0 aromatic carbocycles. The Kier molecular flexibility index (Phi) is 24.2. The van der Waals surface area contributed by atoms with Gasteiger partial charge < -0.3 is 50.8 Å². The summed E-state index contributed by atoms with van der Waals surface area (Å²) in [5, 5.41) is 22.4. The van der Waals surface area contributed by atoms with Gasteiger partial charge >= 0.3 is 25.9 Å². The fourth-order valence-electron chi connectivity index (χ4n) is 6.59. The normalized spacial score (nSPS) is 22.9. The molecule has 3 amide bonds. The number of phosphoric ester groups is 1. The van der Waals surface area contributed by atoms with E-state index in [2.05, 4.69) is 46.9 Å². The highest BCUT2D eigenvalue weighted by Crippen LogP contribution is 2.47. The number of carboxylic acids is 1. The van der Waals surface area contributed by atoms with E-state index < -0.39 is 87.6 Å². The third-order valence-corrected chi connectivity index (χ3v) is 11.3. The molecule has 1 aliphatic rings. The number of rotatable bonds is 30. The minimum absolute atomic E-state index is 0.0141. The summed E-state index contributed by atoms with van der Waals surface area (Å²) in [5.74, 6) is -2.19. The van der Waals surface area contributed by atoms with E-state index in [1.165, 1.54) is 44.9 Å². The van der Waals surface area contributed by atoms with Crippen LogP contribution in [-0.2, 0) is 51.7 Å². The van der Waals surface area contributed by atoms with Gasteiger partial charge in [0.1, 0.15) is 12.6 Å². The quantitative estimate of drug-likeness (QED) is 0.0317. The van der Waals surface area contributed by atoms with Crippen LogP contribution in [0.3, 0.4) is 0 Å². The van der Waals surface area contributed by atoms with Crippen LogP contribution in [0, 0.1) is 29.1 Å². The number of hydrogen-bond donors (Lipinski definition) is 6. The van der Waals surface area contributed by atoms with Gasteiger partial charge in [-0.2, -0.15) is 0 Å². The van der Waals surface area contributed by atoms with Crippen LogP contribution in [0.1, 0.15) is 132 Å². The van der Waals surface area contributed by atoms with Crippen LogP contribution >= 0.6 is 7.82 Å². The van der Waals surface area contributed by atoms with Gasteiger partial charge in [0.25, 0.3) is 0 Å². The monoisotopic (exact) mass is 853 g/mol. The average Bonchev–Trinajstić information content (AvgIpc) is 3.10. The first-order chi connectivity index (χ1) is 26.9. The molecule has 58 heavy (non-hydrogen) atoms. The first kappa shape index (κ1) is 53.2. The summed E-state index contributed by atoms with van der Waals surface area (Å²) in [4.78, 5) is 69.6. The summed E-state index contributed by atoms with van der Waals surface area (Å²) < 4.78 is 43.4. The molecule has 10 atom stereocenters. The van der Waals surface area contributed by atoms with Gasteiger partial charge in [0.2, 0.25) is 18.1 Å². The summed E-state index contributed by atoms with van der Waals surface area (Å²) in [6.07, 6.45) is -0.164.